The molecule has 1 saturated carbocycles. The van der Waals surface area contributed by atoms with Gasteiger partial charge in [-0.05, 0) is 43.2 Å². The Morgan fingerprint density at radius 2 is 2.13 bits per heavy atom. The molecular formula is C19H28N2O2. The van der Waals surface area contributed by atoms with E-state index in [1.165, 1.54) is 25.7 Å². The minimum absolute atomic E-state index is 0.00490. The van der Waals surface area contributed by atoms with Crippen LogP contribution in [0.5, 0.6) is 0 Å². The summed E-state index contributed by atoms with van der Waals surface area (Å²) in [7, 11) is 0. The number of fused-ring (bicyclic) bond motifs is 1. The number of carbonyl (C=O) groups excluding carboxylic acids is 1. The molecule has 23 heavy (non-hydrogen) atoms. The zero-order valence-electron chi connectivity index (χ0n) is 14.0. The summed E-state index contributed by atoms with van der Waals surface area (Å²) in [4.78, 5) is 12.4. The van der Waals surface area contributed by atoms with Crippen molar-refractivity contribution in [3.8, 4) is 0 Å². The number of amides is 1. The van der Waals surface area contributed by atoms with Crippen LogP contribution in [0, 0.1) is 5.92 Å². The van der Waals surface area contributed by atoms with Crippen molar-refractivity contribution in [2.75, 3.05) is 6.61 Å². The van der Waals surface area contributed by atoms with Gasteiger partial charge in [0.1, 0.15) is 0 Å². The Morgan fingerprint density at radius 3 is 2.96 bits per heavy atom. The van der Waals surface area contributed by atoms with Crippen molar-refractivity contribution in [2.45, 2.75) is 64.3 Å². The van der Waals surface area contributed by atoms with E-state index < -0.39 is 0 Å². The molecule has 2 aliphatic rings. The molecule has 0 aromatic heterocycles. The minimum Gasteiger partial charge on any atom is -0.377 e. The molecule has 0 radical (unpaired) electrons. The number of benzene rings is 1. The largest absolute Gasteiger partial charge is 0.377 e. The van der Waals surface area contributed by atoms with Gasteiger partial charge < -0.3 is 15.4 Å². The fourth-order valence-electron chi connectivity index (χ4n) is 3.88. The number of hydrogen-bond acceptors (Lipinski definition) is 3. The standard InChI is InChI=1S/C19H28N2O2/c1-2-23-13-15-7-5-6-14(10-15)12-20-19(22)18-11-16-8-3-4-9-17(16)21-18/h5-7,10,16-18,21H,2-4,8-9,11-13H2,1H3,(H,20,22). The van der Waals surface area contributed by atoms with Crippen LogP contribution in [0.2, 0.25) is 0 Å². The predicted octanol–water partition coefficient (Wildman–Crippen LogP) is 2.76. The normalized spacial score (nSPS) is 26.7. The quantitative estimate of drug-likeness (QED) is 0.848. The first-order chi connectivity index (χ1) is 11.3. The average molecular weight is 316 g/mol. The summed E-state index contributed by atoms with van der Waals surface area (Å²) in [5.41, 5.74) is 2.29. The minimum atomic E-state index is -0.00490. The molecule has 3 rings (SSSR count). The molecule has 3 unspecified atom stereocenters. The first-order valence-corrected chi connectivity index (χ1v) is 8.95. The Bertz CT molecular complexity index is 518. The number of rotatable bonds is 6. The van der Waals surface area contributed by atoms with Crippen molar-refractivity contribution in [1.82, 2.24) is 10.6 Å². The summed E-state index contributed by atoms with van der Waals surface area (Å²) < 4.78 is 5.44. The molecule has 0 bridgehead atoms. The first-order valence-electron chi connectivity index (χ1n) is 8.95. The second-order valence-electron chi connectivity index (χ2n) is 6.78. The van der Waals surface area contributed by atoms with E-state index in [9.17, 15) is 4.79 Å². The number of carbonyl (C=O) groups is 1. The molecule has 1 aliphatic carbocycles. The lowest BCUT2D eigenvalue weighted by atomic mass is 9.85. The lowest BCUT2D eigenvalue weighted by molar-refractivity contribution is -0.123. The van der Waals surface area contributed by atoms with E-state index in [1.54, 1.807) is 0 Å². The molecule has 1 aromatic rings. The Hall–Kier alpha value is -1.39. The molecule has 4 nitrogen and oxygen atoms in total. The maximum absolute atomic E-state index is 12.4. The number of hydrogen-bond donors (Lipinski definition) is 2. The van der Waals surface area contributed by atoms with Gasteiger partial charge in [0.15, 0.2) is 0 Å². The molecule has 1 saturated heterocycles. The third-order valence-electron chi connectivity index (χ3n) is 5.11. The second-order valence-corrected chi connectivity index (χ2v) is 6.78. The molecule has 2 fully saturated rings. The molecule has 1 aromatic carbocycles. The van der Waals surface area contributed by atoms with Crippen molar-refractivity contribution >= 4 is 5.91 Å². The topological polar surface area (TPSA) is 50.4 Å². The smallest absolute Gasteiger partial charge is 0.237 e. The predicted molar refractivity (Wildman–Crippen MR) is 90.9 cm³/mol. The first kappa shape index (κ1) is 16.5. The van der Waals surface area contributed by atoms with Gasteiger partial charge in [0.25, 0.3) is 0 Å². The van der Waals surface area contributed by atoms with Gasteiger partial charge >= 0.3 is 0 Å². The van der Waals surface area contributed by atoms with Crippen LogP contribution in [0.3, 0.4) is 0 Å². The lowest BCUT2D eigenvalue weighted by Gasteiger charge is -2.24. The highest BCUT2D eigenvalue weighted by Crippen LogP contribution is 2.33. The molecule has 126 valence electrons. The molecule has 0 spiro atoms. The van der Waals surface area contributed by atoms with E-state index in [2.05, 4.69) is 28.8 Å². The monoisotopic (exact) mass is 316 g/mol. The van der Waals surface area contributed by atoms with E-state index in [-0.39, 0.29) is 11.9 Å². The Labute approximate surface area is 139 Å². The van der Waals surface area contributed by atoms with Crippen LogP contribution in [0.25, 0.3) is 0 Å². The molecule has 2 N–H and O–H groups in total. The van der Waals surface area contributed by atoms with Gasteiger partial charge in [-0.2, -0.15) is 0 Å². The Kier molecular flexibility index (Phi) is 5.68. The van der Waals surface area contributed by atoms with Crippen molar-refractivity contribution in [2.24, 2.45) is 5.92 Å². The zero-order valence-corrected chi connectivity index (χ0v) is 14.0. The van der Waals surface area contributed by atoms with E-state index in [1.807, 2.05) is 13.0 Å². The third-order valence-corrected chi connectivity index (χ3v) is 5.11. The van der Waals surface area contributed by atoms with Crippen LogP contribution in [0.1, 0.15) is 50.2 Å². The van der Waals surface area contributed by atoms with E-state index >= 15 is 0 Å². The van der Waals surface area contributed by atoms with E-state index in [4.69, 9.17) is 4.74 Å². The van der Waals surface area contributed by atoms with Crippen LogP contribution in [0.15, 0.2) is 24.3 Å². The van der Waals surface area contributed by atoms with Crippen LogP contribution in [-0.2, 0) is 22.7 Å². The van der Waals surface area contributed by atoms with Gasteiger partial charge in [-0.25, -0.2) is 0 Å². The van der Waals surface area contributed by atoms with E-state index in [0.717, 1.165) is 24.2 Å². The number of nitrogens with one attached hydrogen (secondary N) is 2. The van der Waals surface area contributed by atoms with Gasteiger partial charge in [0.05, 0.1) is 12.6 Å². The van der Waals surface area contributed by atoms with Gasteiger partial charge in [0, 0.05) is 19.2 Å². The fourth-order valence-corrected chi connectivity index (χ4v) is 3.88. The van der Waals surface area contributed by atoms with Crippen LogP contribution in [-0.4, -0.2) is 24.6 Å². The van der Waals surface area contributed by atoms with Gasteiger partial charge in [-0.1, -0.05) is 37.1 Å². The Morgan fingerprint density at radius 1 is 1.30 bits per heavy atom. The van der Waals surface area contributed by atoms with Crippen molar-refractivity contribution in [3.05, 3.63) is 35.4 Å². The van der Waals surface area contributed by atoms with Gasteiger partial charge in [-0.15, -0.1) is 0 Å². The molecule has 1 aliphatic heterocycles. The summed E-state index contributed by atoms with van der Waals surface area (Å²) in [5.74, 6) is 0.851. The van der Waals surface area contributed by atoms with Crippen molar-refractivity contribution < 1.29 is 9.53 Å². The van der Waals surface area contributed by atoms with Gasteiger partial charge in [-0.3, -0.25) is 4.79 Å². The van der Waals surface area contributed by atoms with Crippen molar-refractivity contribution in [3.63, 3.8) is 0 Å². The highest BCUT2D eigenvalue weighted by Gasteiger charge is 2.37. The Balaban J connectivity index is 1.49. The average Bonchev–Trinajstić information content (AvgIpc) is 3.02. The maximum atomic E-state index is 12.4. The zero-order chi connectivity index (χ0) is 16.1. The van der Waals surface area contributed by atoms with Crippen LogP contribution < -0.4 is 10.6 Å². The van der Waals surface area contributed by atoms with Crippen LogP contribution >= 0.6 is 0 Å². The van der Waals surface area contributed by atoms with Gasteiger partial charge in [0.2, 0.25) is 5.91 Å². The third kappa shape index (κ3) is 4.33. The summed E-state index contributed by atoms with van der Waals surface area (Å²) in [5, 5.41) is 6.63. The van der Waals surface area contributed by atoms with Crippen LogP contribution in [0.4, 0.5) is 0 Å². The lowest BCUT2D eigenvalue weighted by Crippen LogP contribution is -2.42. The molecule has 3 atom stereocenters. The number of ether oxygens (including phenoxy) is 1. The summed E-state index contributed by atoms with van der Waals surface area (Å²) >= 11 is 0. The molecule has 1 amide bonds. The summed E-state index contributed by atoms with van der Waals surface area (Å²) in [6.45, 7) is 3.94. The second kappa shape index (κ2) is 7.93. The molecular weight excluding hydrogens is 288 g/mol. The highest BCUT2D eigenvalue weighted by molar-refractivity contribution is 5.82. The summed E-state index contributed by atoms with van der Waals surface area (Å²) in [6.07, 6.45) is 6.13. The maximum Gasteiger partial charge on any atom is 0.237 e. The molecule has 4 heteroatoms. The highest BCUT2D eigenvalue weighted by atomic mass is 16.5. The summed E-state index contributed by atoms with van der Waals surface area (Å²) in [6, 6.07) is 8.81. The van der Waals surface area contributed by atoms with E-state index in [0.29, 0.717) is 25.1 Å². The van der Waals surface area contributed by atoms with Crippen molar-refractivity contribution in [1.29, 1.82) is 0 Å². The molecule has 1 heterocycles. The SMILES string of the molecule is CCOCc1cccc(CNC(=O)C2CC3CCCCC3N2)c1. The fraction of sp³-hybridized carbons (Fsp3) is 0.632.